The van der Waals surface area contributed by atoms with Crippen LogP contribution in [0.5, 0.6) is 0 Å². The maximum absolute atomic E-state index is 12.6. The Hall–Kier alpha value is -0.920. The molecular formula is C14H21NO4S2. The smallest absolute Gasteiger partial charge is 0.311 e. The van der Waals surface area contributed by atoms with Gasteiger partial charge in [-0.25, -0.2) is 8.42 Å². The predicted molar refractivity (Wildman–Crippen MR) is 82.0 cm³/mol. The maximum Gasteiger partial charge on any atom is 0.311 e. The molecule has 21 heavy (non-hydrogen) atoms. The molecule has 118 valence electrons. The Balaban J connectivity index is 2.29. The predicted octanol–water partition coefficient (Wildman–Crippen LogP) is 2.43. The van der Waals surface area contributed by atoms with Crippen molar-refractivity contribution in [3.8, 4) is 0 Å². The summed E-state index contributed by atoms with van der Waals surface area (Å²) in [5.41, 5.74) is -0.974. The zero-order valence-electron chi connectivity index (χ0n) is 12.5. The number of carboxylic acid groups (broad SMARTS) is 1. The zero-order chi connectivity index (χ0) is 15.8. The number of aryl methyl sites for hydroxylation is 1. The van der Waals surface area contributed by atoms with Gasteiger partial charge in [-0.3, -0.25) is 4.79 Å². The van der Waals surface area contributed by atoms with E-state index < -0.39 is 21.4 Å². The van der Waals surface area contributed by atoms with Crippen LogP contribution in [-0.4, -0.2) is 36.9 Å². The van der Waals surface area contributed by atoms with Crippen LogP contribution in [0.15, 0.2) is 16.3 Å². The van der Waals surface area contributed by atoms with Crippen molar-refractivity contribution < 1.29 is 18.3 Å². The van der Waals surface area contributed by atoms with Crippen molar-refractivity contribution in [3.63, 3.8) is 0 Å². The fourth-order valence-electron chi connectivity index (χ4n) is 2.71. The summed E-state index contributed by atoms with van der Waals surface area (Å²) >= 11 is 1.27. The first-order valence-electron chi connectivity index (χ1n) is 7.06. The lowest BCUT2D eigenvalue weighted by Crippen LogP contribution is -2.40. The summed E-state index contributed by atoms with van der Waals surface area (Å²) in [6.07, 6.45) is 1.16. The molecular weight excluding hydrogens is 310 g/mol. The molecule has 5 nitrogen and oxygen atoms in total. The summed E-state index contributed by atoms with van der Waals surface area (Å²) in [5.74, 6) is -1.01. The van der Waals surface area contributed by atoms with Gasteiger partial charge in [0, 0.05) is 18.0 Å². The van der Waals surface area contributed by atoms with Gasteiger partial charge in [0.25, 0.3) is 10.0 Å². The molecule has 0 aliphatic carbocycles. The Morgan fingerprint density at radius 1 is 1.48 bits per heavy atom. The molecule has 1 fully saturated rings. The third-order valence-corrected chi connectivity index (χ3v) is 7.92. The van der Waals surface area contributed by atoms with Gasteiger partial charge >= 0.3 is 5.97 Å². The Labute approximate surface area is 129 Å². The van der Waals surface area contributed by atoms with Crippen molar-refractivity contribution in [1.29, 1.82) is 0 Å². The summed E-state index contributed by atoms with van der Waals surface area (Å²) in [6.45, 7) is 5.98. The first-order valence-corrected chi connectivity index (χ1v) is 9.32. The molecule has 0 amide bonds. The highest BCUT2D eigenvalue weighted by Gasteiger charge is 2.50. The third-order valence-electron chi connectivity index (χ3n) is 4.38. The van der Waals surface area contributed by atoms with Gasteiger partial charge in [-0.05, 0) is 30.9 Å². The number of thiophene rings is 1. The van der Waals surface area contributed by atoms with Crippen LogP contribution >= 0.6 is 11.3 Å². The summed E-state index contributed by atoms with van der Waals surface area (Å²) in [6, 6.07) is 3.44. The number of nitrogens with zero attached hydrogens (tertiary/aromatic N) is 1. The summed E-state index contributed by atoms with van der Waals surface area (Å²) < 4.78 is 26.9. The number of hydrogen-bond acceptors (Lipinski definition) is 4. The summed E-state index contributed by atoms with van der Waals surface area (Å²) in [7, 11) is -3.58. The van der Waals surface area contributed by atoms with Crippen molar-refractivity contribution in [2.45, 2.75) is 37.8 Å². The van der Waals surface area contributed by atoms with E-state index in [4.69, 9.17) is 0 Å². The van der Waals surface area contributed by atoms with Crippen LogP contribution in [-0.2, 0) is 21.2 Å². The molecule has 1 unspecified atom stereocenters. The summed E-state index contributed by atoms with van der Waals surface area (Å²) in [5, 5.41) is 9.51. The Morgan fingerprint density at radius 3 is 2.57 bits per heavy atom. The molecule has 1 aromatic heterocycles. The zero-order valence-corrected chi connectivity index (χ0v) is 14.1. The van der Waals surface area contributed by atoms with Crippen LogP contribution in [0.2, 0.25) is 0 Å². The standard InChI is InChI=1S/C14H21NO4S2/c1-4-11-5-6-12(20-11)21(18,19)15-8-7-14(9-15,10(2)3)13(16)17/h5-6,10H,4,7-9H2,1-3H3,(H,16,17). The van der Waals surface area contributed by atoms with E-state index in [-0.39, 0.29) is 19.0 Å². The van der Waals surface area contributed by atoms with Crippen LogP contribution in [0.1, 0.15) is 32.1 Å². The van der Waals surface area contributed by atoms with E-state index in [0.717, 1.165) is 11.3 Å². The molecule has 7 heteroatoms. The quantitative estimate of drug-likeness (QED) is 0.899. The number of hydrogen-bond donors (Lipinski definition) is 1. The molecule has 0 saturated carbocycles. The van der Waals surface area contributed by atoms with Crippen molar-refractivity contribution in [2.24, 2.45) is 11.3 Å². The van der Waals surface area contributed by atoms with E-state index in [2.05, 4.69) is 0 Å². The van der Waals surface area contributed by atoms with Crippen LogP contribution < -0.4 is 0 Å². The lowest BCUT2D eigenvalue weighted by atomic mass is 9.77. The Morgan fingerprint density at radius 2 is 2.14 bits per heavy atom. The molecule has 2 rings (SSSR count). The van der Waals surface area contributed by atoms with Gasteiger partial charge in [-0.1, -0.05) is 20.8 Å². The fraction of sp³-hybridized carbons (Fsp3) is 0.643. The maximum atomic E-state index is 12.6. The number of rotatable bonds is 5. The highest BCUT2D eigenvalue weighted by molar-refractivity contribution is 7.91. The average Bonchev–Trinajstić information content (AvgIpc) is 3.06. The van der Waals surface area contributed by atoms with Crippen LogP contribution in [0.3, 0.4) is 0 Å². The first-order chi connectivity index (χ1) is 9.74. The molecule has 1 saturated heterocycles. The fourth-order valence-corrected chi connectivity index (χ4v) is 5.67. The number of aliphatic carboxylic acids is 1. The molecule has 1 aromatic rings. The SMILES string of the molecule is CCc1ccc(S(=O)(=O)N2CCC(C(=O)O)(C(C)C)C2)s1. The topological polar surface area (TPSA) is 74.7 Å². The van der Waals surface area contributed by atoms with Crippen molar-refractivity contribution in [1.82, 2.24) is 4.31 Å². The highest BCUT2D eigenvalue weighted by Crippen LogP contribution is 2.41. The minimum absolute atomic E-state index is 0.0572. The van der Waals surface area contributed by atoms with Gasteiger partial charge < -0.3 is 5.11 Å². The van der Waals surface area contributed by atoms with E-state index in [1.54, 1.807) is 6.07 Å². The number of carboxylic acids is 1. The lowest BCUT2D eigenvalue weighted by Gasteiger charge is -2.28. The van der Waals surface area contributed by atoms with Crippen LogP contribution in [0.25, 0.3) is 0 Å². The third kappa shape index (κ3) is 2.74. The Bertz CT molecular complexity index is 635. The Kier molecular flexibility index (Phi) is 4.46. The van der Waals surface area contributed by atoms with Crippen LogP contribution in [0, 0.1) is 11.3 Å². The van der Waals surface area contributed by atoms with Gasteiger partial charge in [-0.15, -0.1) is 11.3 Å². The molecule has 1 aliphatic heterocycles. The van der Waals surface area contributed by atoms with Crippen molar-refractivity contribution in [2.75, 3.05) is 13.1 Å². The van der Waals surface area contributed by atoms with E-state index in [0.29, 0.717) is 10.6 Å². The molecule has 2 heterocycles. The molecule has 0 bridgehead atoms. The average molecular weight is 331 g/mol. The number of carbonyl (C=O) groups is 1. The van der Waals surface area contributed by atoms with Gasteiger partial charge in [0.05, 0.1) is 5.41 Å². The largest absolute Gasteiger partial charge is 0.481 e. The minimum atomic E-state index is -3.58. The second kappa shape index (κ2) is 5.70. The monoisotopic (exact) mass is 331 g/mol. The van der Waals surface area contributed by atoms with Crippen molar-refractivity contribution in [3.05, 3.63) is 17.0 Å². The van der Waals surface area contributed by atoms with E-state index in [1.807, 2.05) is 26.8 Å². The van der Waals surface area contributed by atoms with Gasteiger partial charge in [-0.2, -0.15) is 4.31 Å². The molecule has 1 aliphatic rings. The van der Waals surface area contributed by atoms with E-state index in [1.165, 1.54) is 15.6 Å². The summed E-state index contributed by atoms with van der Waals surface area (Å²) in [4.78, 5) is 12.6. The normalized spacial score (nSPS) is 23.8. The second-order valence-electron chi connectivity index (χ2n) is 5.78. The minimum Gasteiger partial charge on any atom is -0.481 e. The molecule has 0 radical (unpaired) electrons. The molecule has 0 aromatic carbocycles. The second-order valence-corrected chi connectivity index (χ2v) is 9.11. The van der Waals surface area contributed by atoms with Gasteiger partial charge in [0.1, 0.15) is 4.21 Å². The van der Waals surface area contributed by atoms with E-state index >= 15 is 0 Å². The van der Waals surface area contributed by atoms with Gasteiger partial charge in [0.2, 0.25) is 0 Å². The van der Waals surface area contributed by atoms with E-state index in [9.17, 15) is 18.3 Å². The molecule has 1 atom stereocenters. The molecule has 1 N–H and O–H groups in total. The van der Waals surface area contributed by atoms with Gasteiger partial charge in [0.15, 0.2) is 0 Å². The first kappa shape index (κ1) is 16.5. The van der Waals surface area contributed by atoms with Crippen molar-refractivity contribution >= 4 is 27.3 Å². The highest BCUT2D eigenvalue weighted by atomic mass is 32.2. The lowest BCUT2D eigenvalue weighted by molar-refractivity contribution is -0.150. The van der Waals surface area contributed by atoms with Crippen LogP contribution in [0.4, 0.5) is 0 Å². The molecule has 0 spiro atoms. The number of sulfonamides is 1.